The molecule has 0 aromatic heterocycles. The van der Waals surface area contributed by atoms with Crippen molar-refractivity contribution in [1.29, 1.82) is 0 Å². The van der Waals surface area contributed by atoms with E-state index < -0.39 is 29.1 Å². The lowest BCUT2D eigenvalue weighted by molar-refractivity contribution is -0.155. The zero-order valence-corrected chi connectivity index (χ0v) is 22.5. The molecule has 1 amide bonds. The maximum absolute atomic E-state index is 13.6. The van der Waals surface area contributed by atoms with Gasteiger partial charge in [-0.15, -0.1) is 0 Å². The third kappa shape index (κ3) is 7.47. The Morgan fingerprint density at radius 2 is 1.92 bits per heavy atom. The van der Waals surface area contributed by atoms with E-state index in [9.17, 15) is 9.59 Å². The van der Waals surface area contributed by atoms with Crippen LogP contribution in [0.4, 0.5) is 5.69 Å². The number of hydrogen-bond donors (Lipinski definition) is 3. The molecule has 0 saturated carbocycles. The molecule has 12 nitrogen and oxygen atoms in total. The lowest BCUT2D eigenvalue weighted by atomic mass is 9.83. The fraction of sp³-hybridized carbons (Fsp3) is 0.444. The maximum atomic E-state index is 13.6. The quantitative estimate of drug-likeness (QED) is 0.0916. The predicted molar refractivity (Wildman–Crippen MR) is 144 cm³/mol. The largest absolute Gasteiger partial charge is 0.494 e. The zero-order valence-electron chi connectivity index (χ0n) is 22.5. The molecule has 0 spiro atoms. The van der Waals surface area contributed by atoms with Crippen LogP contribution in [0.15, 0.2) is 58.6 Å². The van der Waals surface area contributed by atoms with E-state index in [0.717, 1.165) is 0 Å². The topological polar surface area (TPSA) is 167 Å². The molecule has 39 heavy (non-hydrogen) atoms. The second-order valence-corrected chi connectivity index (χ2v) is 9.83. The number of aliphatic imine (C=N–C) groups is 1. The SMILES string of the molecule is CNNC(=O)[C@@]1(CCC(=O)OC(C)(C)C)N=C(c2ccc(OCCCO)cc2)O[C@H]1c1ccccc1N=[N+]=[N-]. The van der Waals surface area contributed by atoms with Crippen LogP contribution in [0.5, 0.6) is 5.75 Å². The van der Waals surface area contributed by atoms with Crippen LogP contribution in [-0.2, 0) is 19.1 Å². The van der Waals surface area contributed by atoms with Gasteiger partial charge in [0, 0.05) is 48.2 Å². The summed E-state index contributed by atoms with van der Waals surface area (Å²) < 4.78 is 17.4. The van der Waals surface area contributed by atoms with Crippen molar-refractivity contribution in [3.05, 3.63) is 70.1 Å². The Bertz CT molecular complexity index is 1240. The van der Waals surface area contributed by atoms with Crippen molar-refractivity contribution in [3.63, 3.8) is 0 Å². The highest BCUT2D eigenvalue weighted by atomic mass is 16.6. The summed E-state index contributed by atoms with van der Waals surface area (Å²) in [5.74, 6) is -0.254. The van der Waals surface area contributed by atoms with Crippen molar-refractivity contribution in [2.45, 2.75) is 57.3 Å². The summed E-state index contributed by atoms with van der Waals surface area (Å²) in [7, 11) is 1.54. The molecule has 2 aromatic carbocycles. The lowest BCUT2D eigenvalue weighted by Gasteiger charge is -2.31. The summed E-state index contributed by atoms with van der Waals surface area (Å²) in [4.78, 5) is 34.0. The van der Waals surface area contributed by atoms with Gasteiger partial charge in [0.05, 0.1) is 6.61 Å². The third-order valence-electron chi connectivity index (χ3n) is 5.77. The molecule has 3 rings (SSSR count). The Kier molecular flexibility index (Phi) is 9.89. The molecule has 1 aliphatic rings. The Labute approximate surface area is 227 Å². The second-order valence-electron chi connectivity index (χ2n) is 9.83. The number of aliphatic hydroxyl groups excluding tert-OH is 1. The molecule has 2 aromatic rings. The van der Waals surface area contributed by atoms with Crippen LogP contribution in [-0.4, -0.2) is 54.3 Å². The summed E-state index contributed by atoms with van der Waals surface area (Å²) in [6, 6.07) is 13.7. The van der Waals surface area contributed by atoms with Gasteiger partial charge in [-0.25, -0.2) is 10.4 Å². The Hall–Kier alpha value is -4.12. The third-order valence-corrected chi connectivity index (χ3v) is 5.77. The number of carbonyl (C=O) groups excluding carboxylic acids is 2. The first-order valence-electron chi connectivity index (χ1n) is 12.6. The van der Waals surface area contributed by atoms with E-state index in [1.165, 1.54) is 0 Å². The monoisotopic (exact) mass is 538 g/mol. The van der Waals surface area contributed by atoms with Gasteiger partial charge in [0.1, 0.15) is 11.4 Å². The number of nitrogens with zero attached hydrogens (tertiary/aromatic N) is 4. The van der Waals surface area contributed by atoms with E-state index in [2.05, 4.69) is 20.9 Å². The van der Waals surface area contributed by atoms with Gasteiger partial charge in [-0.3, -0.25) is 15.0 Å². The number of amides is 1. The van der Waals surface area contributed by atoms with Crippen LogP contribution >= 0.6 is 0 Å². The van der Waals surface area contributed by atoms with E-state index in [0.29, 0.717) is 29.9 Å². The molecule has 12 heteroatoms. The highest BCUT2D eigenvalue weighted by molar-refractivity contribution is 6.01. The van der Waals surface area contributed by atoms with Gasteiger partial charge in [0.15, 0.2) is 11.6 Å². The number of nitrogens with one attached hydrogen (secondary N) is 2. The summed E-state index contributed by atoms with van der Waals surface area (Å²) >= 11 is 0. The fourth-order valence-electron chi connectivity index (χ4n) is 4.10. The number of hydrogen-bond acceptors (Lipinski definition) is 9. The second kappa shape index (κ2) is 13.1. The lowest BCUT2D eigenvalue weighted by Crippen LogP contribution is -2.52. The average molecular weight is 539 g/mol. The number of ether oxygens (including phenoxy) is 3. The molecule has 0 radical (unpaired) electrons. The number of rotatable bonds is 12. The first kappa shape index (κ1) is 29.4. The van der Waals surface area contributed by atoms with E-state index in [1.807, 2.05) is 0 Å². The normalized spacial score (nSPS) is 18.4. The van der Waals surface area contributed by atoms with Gasteiger partial charge >= 0.3 is 5.97 Å². The van der Waals surface area contributed by atoms with Gasteiger partial charge in [-0.05, 0) is 57.0 Å². The first-order chi connectivity index (χ1) is 18.6. The van der Waals surface area contributed by atoms with Crippen molar-refractivity contribution >= 4 is 23.5 Å². The molecule has 2 atom stereocenters. The minimum absolute atomic E-state index is 0.0293. The molecule has 0 saturated heterocycles. The van der Waals surface area contributed by atoms with Crippen LogP contribution in [0.2, 0.25) is 0 Å². The number of azide groups is 1. The standard InChI is InChI=1S/C27H34N6O6/c1-26(2,3)39-22(35)14-15-27(25(36)32-29-4)23(20-8-5-6-9-21(20)31-33-28)38-24(30-27)18-10-12-19(13-11-18)37-17-7-16-34/h5-6,8-13,23,29,34H,7,14-17H2,1-4H3,(H,32,36)/t23-,27-/m0/s1. The molecule has 1 aliphatic heterocycles. The van der Waals surface area contributed by atoms with E-state index in [-0.39, 0.29) is 31.0 Å². The first-order valence-corrected chi connectivity index (χ1v) is 12.6. The number of hydrazine groups is 1. The highest BCUT2D eigenvalue weighted by Gasteiger charge is 2.54. The van der Waals surface area contributed by atoms with Gasteiger partial charge in [-0.1, -0.05) is 29.4 Å². The Morgan fingerprint density at radius 3 is 2.56 bits per heavy atom. The number of esters is 1. The Balaban J connectivity index is 2.07. The number of benzene rings is 2. The van der Waals surface area contributed by atoms with E-state index >= 15 is 0 Å². The Morgan fingerprint density at radius 1 is 1.21 bits per heavy atom. The van der Waals surface area contributed by atoms with Crippen molar-refractivity contribution < 1.29 is 28.9 Å². The minimum Gasteiger partial charge on any atom is -0.494 e. The number of carbonyl (C=O) groups is 2. The molecule has 1 heterocycles. The minimum atomic E-state index is -1.60. The summed E-state index contributed by atoms with van der Waals surface area (Å²) in [6.45, 7) is 5.68. The van der Waals surface area contributed by atoms with Gasteiger partial charge in [-0.2, -0.15) is 0 Å². The summed E-state index contributed by atoms with van der Waals surface area (Å²) in [6.07, 6.45) is -0.682. The molecule has 0 bridgehead atoms. The average Bonchev–Trinajstić information content (AvgIpc) is 3.28. The molecule has 3 N–H and O–H groups in total. The predicted octanol–water partition coefficient (Wildman–Crippen LogP) is 4.02. The molecular weight excluding hydrogens is 504 g/mol. The van der Waals surface area contributed by atoms with Crippen LogP contribution < -0.4 is 15.6 Å². The molecule has 0 fully saturated rings. The van der Waals surface area contributed by atoms with E-state index in [1.54, 1.807) is 76.3 Å². The zero-order chi connectivity index (χ0) is 28.5. The highest BCUT2D eigenvalue weighted by Crippen LogP contribution is 2.46. The van der Waals surface area contributed by atoms with Gasteiger partial charge in [0.25, 0.3) is 5.91 Å². The summed E-state index contributed by atoms with van der Waals surface area (Å²) in [5.41, 5.74) is 13.3. The van der Waals surface area contributed by atoms with Crippen LogP contribution in [0.25, 0.3) is 10.4 Å². The van der Waals surface area contributed by atoms with Crippen molar-refractivity contribution in [2.24, 2.45) is 10.1 Å². The van der Waals surface area contributed by atoms with Crippen LogP contribution in [0.3, 0.4) is 0 Å². The van der Waals surface area contributed by atoms with Gasteiger partial charge < -0.3 is 19.3 Å². The van der Waals surface area contributed by atoms with E-state index in [4.69, 9.17) is 29.8 Å². The van der Waals surface area contributed by atoms with Crippen molar-refractivity contribution in [1.82, 2.24) is 10.9 Å². The van der Waals surface area contributed by atoms with Crippen LogP contribution in [0, 0.1) is 0 Å². The van der Waals surface area contributed by atoms with Crippen molar-refractivity contribution in [3.8, 4) is 5.75 Å². The smallest absolute Gasteiger partial charge is 0.306 e. The van der Waals surface area contributed by atoms with Crippen molar-refractivity contribution in [2.75, 3.05) is 20.3 Å². The summed E-state index contributed by atoms with van der Waals surface area (Å²) in [5, 5.41) is 12.8. The molecular formula is C27H34N6O6. The molecule has 0 unspecified atom stereocenters. The molecule has 0 aliphatic carbocycles. The van der Waals surface area contributed by atoms with Gasteiger partial charge in [0.2, 0.25) is 5.90 Å². The van der Waals surface area contributed by atoms with Crippen LogP contribution in [0.1, 0.15) is 57.3 Å². The maximum Gasteiger partial charge on any atom is 0.306 e. The number of aliphatic hydroxyl groups is 1. The molecule has 208 valence electrons. The fourth-order valence-corrected chi connectivity index (χ4v) is 4.10.